The first-order valence-electron chi connectivity index (χ1n) is 6.26. The van der Waals surface area contributed by atoms with E-state index in [2.05, 4.69) is 0 Å². The molecule has 1 aromatic heterocycles. The van der Waals surface area contributed by atoms with Crippen LogP contribution >= 0.6 is 0 Å². The smallest absolute Gasteiger partial charge is 0.352 e. The van der Waals surface area contributed by atoms with Crippen molar-refractivity contribution in [1.82, 2.24) is 4.57 Å². The van der Waals surface area contributed by atoms with Gasteiger partial charge in [-0.05, 0) is 37.6 Å². The van der Waals surface area contributed by atoms with Crippen molar-refractivity contribution in [3.8, 4) is 5.75 Å². The fourth-order valence-electron chi connectivity index (χ4n) is 1.98. The van der Waals surface area contributed by atoms with Crippen LogP contribution in [0.2, 0.25) is 0 Å². The standard InChI is InChI=1S/C15H17NO3/c1-12-8-9-14(15(17)18)16(12)10-5-11-19-13-6-3-2-4-7-13/h2-4,6-9H,5,10-11H2,1H3,(H,17,18). The van der Waals surface area contributed by atoms with E-state index in [4.69, 9.17) is 9.84 Å². The highest BCUT2D eigenvalue weighted by molar-refractivity contribution is 5.86. The van der Waals surface area contributed by atoms with Gasteiger partial charge in [0.05, 0.1) is 6.61 Å². The quantitative estimate of drug-likeness (QED) is 0.811. The van der Waals surface area contributed by atoms with E-state index < -0.39 is 5.97 Å². The first kappa shape index (κ1) is 13.2. The Labute approximate surface area is 112 Å². The summed E-state index contributed by atoms with van der Waals surface area (Å²) in [6, 6.07) is 13.1. The lowest BCUT2D eigenvalue weighted by atomic mass is 10.3. The van der Waals surface area contributed by atoms with Gasteiger partial charge in [-0.2, -0.15) is 0 Å². The van der Waals surface area contributed by atoms with Crippen molar-refractivity contribution in [2.45, 2.75) is 19.9 Å². The number of aromatic carboxylic acids is 1. The molecule has 0 fully saturated rings. The topological polar surface area (TPSA) is 51.5 Å². The average Bonchev–Trinajstić information content (AvgIpc) is 2.77. The Morgan fingerprint density at radius 1 is 1.21 bits per heavy atom. The van der Waals surface area contributed by atoms with Crippen molar-refractivity contribution >= 4 is 5.97 Å². The fraction of sp³-hybridized carbons (Fsp3) is 0.267. The average molecular weight is 259 g/mol. The molecule has 4 heteroatoms. The minimum Gasteiger partial charge on any atom is -0.494 e. The molecule has 0 bridgehead atoms. The molecule has 0 aliphatic rings. The third kappa shape index (κ3) is 3.37. The van der Waals surface area contributed by atoms with Gasteiger partial charge in [0.2, 0.25) is 0 Å². The Hall–Kier alpha value is -2.23. The normalized spacial score (nSPS) is 10.4. The molecule has 0 unspecified atom stereocenters. The van der Waals surface area contributed by atoms with E-state index >= 15 is 0 Å². The molecule has 19 heavy (non-hydrogen) atoms. The number of carbonyl (C=O) groups is 1. The summed E-state index contributed by atoms with van der Waals surface area (Å²) in [7, 11) is 0. The van der Waals surface area contributed by atoms with Crippen molar-refractivity contribution in [2.24, 2.45) is 0 Å². The summed E-state index contributed by atoms with van der Waals surface area (Å²) in [6.07, 6.45) is 0.769. The van der Waals surface area contributed by atoms with E-state index in [1.807, 2.05) is 43.3 Å². The van der Waals surface area contributed by atoms with Crippen molar-refractivity contribution in [3.05, 3.63) is 53.9 Å². The molecule has 0 saturated carbocycles. The Bertz CT molecular complexity index is 546. The predicted molar refractivity (Wildman–Crippen MR) is 72.7 cm³/mol. The van der Waals surface area contributed by atoms with Crippen LogP contribution in [0.1, 0.15) is 22.6 Å². The minimum atomic E-state index is -0.892. The molecule has 100 valence electrons. The summed E-state index contributed by atoms with van der Waals surface area (Å²) in [4.78, 5) is 11.0. The number of aromatic nitrogens is 1. The lowest BCUT2D eigenvalue weighted by Crippen LogP contribution is -2.12. The number of hydrogen-bond acceptors (Lipinski definition) is 2. The van der Waals surface area contributed by atoms with Gasteiger partial charge in [0.25, 0.3) is 0 Å². The Kier molecular flexibility index (Phi) is 4.23. The van der Waals surface area contributed by atoms with Gasteiger partial charge in [0, 0.05) is 12.2 Å². The van der Waals surface area contributed by atoms with Crippen LogP contribution in [-0.4, -0.2) is 22.2 Å². The third-order valence-corrected chi connectivity index (χ3v) is 2.96. The van der Waals surface area contributed by atoms with E-state index in [1.54, 1.807) is 10.6 Å². The molecule has 0 radical (unpaired) electrons. The van der Waals surface area contributed by atoms with E-state index in [0.717, 1.165) is 17.9 Å². The first-order valence-corrected chi connectivity index (χ1v) is 6.26. The number of benzene rings is 1. The molecule has 0 aliphatic heterocycles. The largest absolute Gasteiger partial charge is 0.494 e. The van der Waals surface area contributed by atoms with Crippen LogP contribution in [0, 0.1) is 6.92 Å². The van der Waals surface area contributed by atoms with Crippen LogP contribution in [0.3, 0.4) is 0 Å². The van der Waals surface area contributed by atoms with Crippen molar-refractivity contribution in [2.75, 3.05) is 6.61 Å². The second-order valence-corrected chi connectivity index (χ2v) is 4.33. The molecular formula is C15H17NO3. The van der Waals surface area contributed by atoms with Crippen LogP contribution in [0.25, 0.3) is 0 Å². The highest BCUT2D eigenvalue weighted by atomic mass is 16.5. The molecule has 0 aliphatic carbocycles. The van der Waals surface area contributed by atoms with Gasteiger partial charge in [0.1, 0.15) is 11.4 Å². The number of carboxylic acid groups (broad SMARTS) is 1. The van der Waals surface area contributed by atoms with Gasteiger partial charge in [0.15, 0.2) is 0 Å². The van der Waals surface area contributed by atoms with Gasteiger partial charge >= 0.3 is 5.97 Å². The SMILES string of the molecule is Cc1ccc(C(=O)O)n1CCCOc1ccccc1. The molecule has 1 aromatic carbocycles. The predicted octanol–water partition coefficient (Wildman–Crippen LogP) is 2.96. The molecule has 0 atom stereocenters. The van der Waals surface area contributed by atoms with Crippen LogP contribution in [0.5, 0.6) is 5.75 Å². The maximum Gasteiger partial charge on any atom is 0.352 e. The van der Waals surface area contributed by atoms with E-state index in [0.29, 0.717) is 18.8 Å². The fourth-order valence-corrected chi connectivity index (χ4v) is 1.98. The molecule has 0 amide bonds. The van der Waals surface area contributed by atoms with Crippen LogP contribution in [0.4, 0.5) is 0 Å². The van der Waals surface area contributed by atoms with Crippen molar-refractivity contribution in [1.29, 1.82) is 0 Å². The number of aryl methyl sites for hydroxylation is 1. The van der Waals surface area contributed by atoms with E-state index in [1.165, 1.54) is 0 Å². The maximum atomic E-state index is 11.0. The Morgan fingerprint density at radius 3 is 2.63 bits per heavy atom. The number of nitrogens with zero attached hydrogens (tertiary/aromatic N) is 1. The molecule has 0 saturated heterocycles. The highest BCUT2D eigenvalue weighted by Gasteiger charge is 2.11. The number of carboxylic acids is 1. The van der Waals surface area contributed by atoms with Crippen molar-refractivity contribution in [3.63, 3.8) is 0 Å². The molecule has 2 rings (SSSR count). The second kappa shape index (κ2) is 6.09. The summed E-state index contributed by atoms with van der Waals surface area (Å²) < 4.78 is 7.39. The van der Waals surface area contributed by atoms with E-state index in [-0.39, 0.29) is 0 Å². The zero-order valence-electron chi connectivity index (χ0n) is 10.9. The first-order chi connectivity index (χ1) is 9.18. The van der Waals surface area contributed by atoms with Crippen LogP contribution in [-0.2, 0) is 6.54 Å². The lowest BCUT2D eigenvalue weighted by Gasteiger charge is -2.10. The molecule has 4 nitrogen and oxygen atoms in total. The van der Waals surface area contributed by atoms with Gasteiger partial charge < -0.3 is 14.4 Å². The molecule has 1 heterocycles. The highest BCUT2D eigenvalue weighted by Crippen LogP contribution is 2.11. The van der Waals surface area contributed by atoms with Gasteiger partial charge in [-0.15, -0.1) is 0 Å². The zero-order chi connectivity index (χ0) is 13.7. The Balaban J connectivity index is 1.86. The van der Waals surface area contributed by atoms with E-state index in [9.17, 15) is 4.79 Å². The molecule has 1 N–H and O–H groups in total. The molecular weight excluding hydrogens is 242 g/mol. The van der Waals surface area contributed by atoms with Gasteiger partial charge in [-0.1, -0.05) is 18.2 Å². The minimum absolute atomic E-state index is 0.331. The summed E-state index contributed by atoms with van der Waals surface area (Å²) in [5.41, 5.74) is 1.29. The summed E-state index contributed by atoms with van der Waals surface area (Å²) in [6.45, 7) is 3.12. The summed E-state index contributed by atoms with van der Waals surface area (Å²) in [5.74, 6) is -0.0535. The van der Waals surface area contributed by atoms with Crippen molar-refractivity contribution < 1.29 is 14.6 Å². The lowest BCUT2D eigenvalue weighted by molar-refractivity contribution is 0.0684. The number of para-hydroxylation sites is 1. The number of ether oxygens (including phenoxy) is 1. The number of hydrogen-bond donors (Lipinski definition) is 1. The number of rotatable bonds is 6. The molecule has 2 aromatic rings. The van der Waals surface area contributed by atoms with Crippen LogP contribution in [0.15, 0.2) is 42.5 Å². The summed E-state index contributed by atoms with van der Waals surface area (Å²) in [5, 5.41) is 9.06. The molecule has 0 spiro atoms. The summed E-state index contributed by atoms with van der Waals surface area (Å²) >= 11 is 0. The van der Waals surface area contributed by atoms with Gasteiger partial charge in [-0.25, -0.2) is 4.79 Å². The van der Waals surface area contributed by atoms with Crippen LogP contribution < -0.4 is 4.74 Å². The van der Waals surface area contributed by atoms with Gasteiger partial charge in [-0.3, -0.25) is 0 Å². The second-order valence-electron chi connectivity index (χ2n) is 4.33. The Morgan fingerprint density at radius 2 is 1.95 bits per heavy atom. The zero-order valence-corrected chi connectivity index (χ0v) is 10.9. The monoisotopic (exact) mass is 259 g/mol. The maximum absolute atomic E-state index is 11.0. The third-order valence-electron chi connectivity index (χ3n) is 2.96.